The third kappa shape index (κ3) is 4.14. The summed E-state index contributed by atoms with van der Waals surface area (Å²) in [6, 6.07) is 3.37. The number of aryl methyl sites for hydroxylation is 1. The molecule has 180 valence electrons. The van der Waals surface area contributed by atoms with Crippen LogP contribution >= 0.6 is 0 Å². The van der Waals surface area contributed by atoms with Crippen molar-refractivity contribution >= 4 is 5.65 Å². The predicted molar refractivity (Wildman–Crippen MR) is 124 cm³/mol. The summed E-state index contributed by atoms with van der Waals surface area (Å²) < 4.78 is 42.0. The minimum atomic E-state index is -0.743. The number of fused-ring (bicyclic) bond motifs is 1. The molecule has 2 aliphatic rings. The number of hydrogen-bond acceptors (Lipinski definition) is 5. The Morgan fingerprint density at radius 1 is 1.18 bits per heavy atom. The van der Waals surface area contributed by atoms with Crippen LogP contribution in [0.15, 0.2) is 29.2 Å². The molecule has 6 nitrogen and oxygen atoms in total. The molecule has 4 heterocycles. The van der Waals surface area contributed by atoms with E-state index in [9.17, 15) is 13.6 Å². The smallest absolute Gasteiger partial charge is 0.261 e. The van der Waals surface area contributed by atoms with E-state index >= 15 is 0 Å². The summed E-state index contributed by atoms with van der Waals surface area (Å²) in [4.78, 5) is 22.6. The maximum atomic E-state index is 14.9. The van der Waals surface area contributed by atoms with Crippen LogP contribution in [0.4, 0.5) is 8.78 Å². The average molecular weight is 470 g/mol. The fourth-order valence-electron chi connectivity index (χ4n) is 5.24. The van der Waals surface area contributed by atoms with Crippen LogP contribution in [0.1, 0.15) is 56.0 Å². The zero-order valence-electron chi connectivity index (χ0n) is 19.9. The van der Waals surface area contributed by atoms with E-state index < -0.39 is 11.6 Å². The van der Waals surface area contributed by atoms with Gasteiger partial charge in [0.15, 0.2) is 5.65 Å². The molecule has 0 N–H and O–H groups in total. The van der Waals surface area contributed by atoms with Crippen LogP contribution in [0.25, 0.3) is 16.9 Å². The van der Waals surface area contributed by atoms with Gasteiger partial charge in [-0.05, 0) is 59.1 Å². The number of aromatic nitrogens is 3. The maximum absolute atomic E-state index is 14.9. The van der Waals surface area contributed by atoms with Gasteiger partial charge in [0.1, 0.15) is 17.3 Å². The summed E-state index contributed by atoms with van der Waals surface area (Å²) in [5, 5.41) is 0. The molecule has 2 fully saturated rings. The van der Waals surface area contributed by atoms with Crippen molar-refractivity contribution in [2.24, 2.45) is 5.92 Å². The molecule has 5 rings (SSSR count). The number of hydrogen-bond donors (Lipinski definition) is 0. The highest BCUT2D eigenvalue weighted by Gasteiger charge is 2.40. The van der Waals surface area contributed by atoms with Crippen LogP contribution in [0.5, 0.6) is 0 Å². The second-order valence-corrected chi connectivity index (χ2v) is 10.1. The van der Waals surface area contributed by atoms with Gasteiger partial charge in [0.2, 0.25) is 0 Å². The molecule has 34 heavy (non-hydrogen) atoms. The van der Waals surface area contributed by atoms with Gasteiger partial charge in [-0.2, -0.15) is 0 Å². The van der Waals surface area contributed by atoms with Gasteiger partial charge in [0.05, 0.1) is 24.0 Å². The lowest BCUT2D eigenvalue weighted by molar-refractivity contribution is -0.135. The highest BCUT2D eigenvalue weighted by atomic mass is 19.1. The van der Waals surface area contributed by atoms with Gasteiger partial charge < -0.3 is 9.47 Å². The van der Waals surface area contributed by atoms with Crippen LogP contribution < -0.4 is 5.56 Å². The van der Waals surface area contributed by atoms with Crippen molar-refractivity contribution in [1.82, 2.24) is 14.4 Å². The van der Waals surface area contributed by atoms with E-state index in [-0.39, 0.29) is 40.1 Å². The first kappa shape index (κ1) is 23.1. The van der Waals surface area contributed by atoms with Gasteiger partial charge in [-0.3, -0.25) is 9.20 Å². The van der Waals surface area contributed by atoms with E-state index in [1.807, 2.05) is 0 Å². The van der Waals surface area contributed by atoms with Gasteiger partial charge in [0.25, 0.3) is 5.56 Å². The molecule has 3 aromatic rings. The predicted octanol–water partition coefficient (Wildman–Crippen LogP) is 4.73. The van der Waals surface area contributed by atoms with E-state index in [4.69, 9.17) is 14.5 Å². The molecular weight excluding hydrogens is 440 g/mol. The summed E-state index contributed by atoms with van der Waals surface area (Å²) in [6.45, 7) is 8.99. The van der Waals surface area contributed by atoms with Gasteiger partial charge in [0, 0.05) is 47.5 Å². The van der Waals surface area contributed by atoms with Crippen molar-refractivity contribution in [2.45, 2.75) is 64.6 Å². The number of benzene rings is 1. The second kappa shape index (κ2) is 8.50. The van der Waals surface area contributed by atoms with Crippen LogP contribution in [-0.4, -0.2) is 39.3 Å². The van der Waals surface area contributed by atoms with E-state index in [1.165, 1.54) is 16.5 Å². The Morgan fingerprint density at radius 2 is 1.97 bits per heavy atom. The third-order valence-corrected chi connectivity index (χ3v) is 7.12. The van der Waals surface area contributed by atoms with E-state index in [0.717, 1.165) is 25.5 Å². The standard InChI is InChI=1S/C26H29F2N3O3/c1-14-15(2)29-24-23(19-6-5-18(27)10-20(19)28)30-21(12-31(24)25(14)32)17-9-22(16-7-8-33-13-16)34-26(3,4)11-17/h5-6,10,12,16-17,22H,7-9,11,13H2,1-4H3/t16?,17-,22-/m0/s1. The quantitative estimate of drug-likeness (QED) is 0.555. The van der Waals surface area contributed by atoms with Gasteiger partial charge in [-0.25, -0.2) is 18.7 Å². The summed E-state index contributed by atoms with van der Waals surface area (Å²) >= 11 is 0. The monoisotopic (exact) mass is 469 g/mol. The Balaban J connectivity index is 1.69. The molecule has 0 spiro atoms. The van der Waals surface area contributed by atoms with Crippen LogP contribution in [-0.2, 0) is 9.47 Å². The first-order valence-corrected chi connectivity index (χ1v) is 11.7. The van der Waals surface area contributed by atoms with E-state index in [1.54, 1.807) is 20.0 Å². The van der Waals surface area contributed by atoms with Gasteiger partial charge >= 0.3 is 0 Å². The third-order valence-electron chi connectivity index (χ3n) is 7.12. The maximum Gasteiger partial charge on any atom is 0.261 e. The highest BCUT2D eigenvalue weighted by Crippen LogP contribution is 2.42. The molecule has 3 atom stereocenters. The SMILES string of the molecule is Cc1nc2c(-c3ccc(F)cc3F)nc([C@H]3C[C@@H](C4CCOC4)OC(C)(C)C3)cn2c(=O)c1C. The largest absolute Gasteiger partial charge is 0.381 e. The Kier molecular flexibility index (Phi) is 5.76. The van der Waals surface area contributed by atoms with Crippen molar-refractivity contribution in [2.75, 3.05) is 13.2 Å². The summed E-state index contributed by atoms with van der Waals surface area (Å²) in [6.07, 6.45) is 4.12. The Hall–Kier alpha value is -2.71. The lowest BCUT2D eigenvalue weighted by Crippen LogP contribution is -2.42. The minimum Gasteiger partial charge on any atom is -0.381 e. The number of rotatable bonds is 3. The molecular formula is C26H29F2N3O3. The number of halogens is 2. The minimum absolute atomic E-state index is 0.00508. The topological polar surface area (TPSA) is 65.7 Å². The summed E-state index contributed by atoms with van der Waals surface area (Å²) in [5.41, 5.74) is 1.75. The first-order valence-electron chi connectivity index (χ1n) is 11.7. The Labute approximate surface area is 197 Å². The lowest BCUT2D eigenvalue weighted by Gasteiger charge is -2.42. The Bertz CT molecular complexity index is 1310. The van der Waals surface area contributed by atoms with Crippen molar-refractivity contribution < 1.29 is 18.3 Å². The average Bonchev–Trinajstić information content (AvgIpc) is 3.31. The van der Waals surface area contributed by atoms with Crippen molar-refractivity contribution in [1.29, 1.82) is 0 Å². The van der Waals surface area contributed by atoms with Crippen LogP contribution in [0, 0.1) is 31.4 Å². The summed E-state index contributed by atoms with van der Waals surface area (Å²) in [5.74, 6) is -1.11. The van der Waals surface area contributed by atoms with E-state index in [2.05, 4.69) is 18.8 Å². The summed E-state index contributed by atoms with van der Waals surface area (Å²) in [7, 11) is 0. The van der Waals surface area contributed by atoms with E-state index in [0.29, 0.717) is 35.9 Å². The lowest BCUT2D eigenvalue weighted by atomic mass is 9.80. The molecule has 2 aromatic heterocycles. The van der Waals surface area contributed by atoms with Crippen LogP contribution in [0.3, 0.4) is 0 Å². The molecule has 2 saturated heterocycles. The molecule has 1 aromatic carbocycles. The zero-order chi connectivity index (χ0) is 24.2. The highest BCUT2D eigenvalue weighted by molar-refractivity contribution is 5.74. The number of ether oxygens (including phenoxy) is 2. The zero-order valence-corrected chi connectivity index (χ0v) is 19.9. The fourth-order valence-corrected chi connectivity index (χ4v) is 5.24. The fraction of sp³-hybridized carbons (Fsp3) is 0.500. The molecule has 2 aliphatic heterocycles. The van der Waals surface area contributed by atoms with Crippen LogP contribution in [0.2, 0.25) is 0 Å². The van der Waals surface area contributed by atoms with Crippen molar-refractivity contribution in [3.8, 4) is 11.3 Å². The molecule has 8 heteroatoms. The Morgan fingerprint density at radius 3 is 2.68 bits per heavy atom. The molecule has 1 unspecified atom stereocenters. The van der Waals surface area contributed by atoms with Gasteiger partial charge in [-0.15, -0.1) is 0 Å². The molecule has 0 radical (unpaired) electrons. The molecule has 0 aliphatic carbocycles. The molecule has 0 amide bonds. The molecule has 0 bridgehead atoms. The molecule has 0 saturated carbocycles. The number of nitrogens with zero attached hydrogens (tertiary/aromatic N) is 3. The first-order chi connectivity index (χ1) is 16.1. The van der Waals surface area contributed by atoms with Gasteiger partial charge in [-0.1, -0.05) is 0 Å². The van der Waals surface area contributed by atoms with Crippen molar-refractivity contribution in [3.63, 3.8) is 0 Å². The van der Waals surface area contributed by atoms with Crippen molar-refractivity contribution in [3.05, 3.63) is 63.3 Å². The normalized spacial score (nSPS) is 24.6. The second-order valence-electron chi connectivity index (χ2n) is 10.1.